The molecule has 1 amide bonds. The Kier molecular flexibility index (Phi) is 3.00. The lowest BCUT2D eigenvalue weighted by atomic mass is 10.2. The monoisotopic (exact) mass is 299 g/mol. The third kappa shape index (κ3) is 2.28. The average Bonchev–Trinajstić information content (AvgIpc) is 3.02. The highest BCUT2D eigenvalue weighted by atomic mass is 16.7. The van der Waals surface area contributed by atoms with Gasteiger partial charge < -0.3 is 24.3 Å². The second kappa shape index (κ2) is 5.14. The molecule has 0 spiro atoms. The Hall–Kier alpha value is -2.89. The molecule has 112 valence electrons. The Morgan fingerprint density at radius 1 is 0.818 bits per heavy atom. The first-order valence-electron chi connectivity index (χ1n) is 6.90. The van der Waals surface area contributed by atoms with Gasteiger partial charge >= 0.3 is 0 Å². The van der Waals surface area contributed by atoms with Gasteiger partial charge in [-0.1, -0.05) is 0 Å². The largest absolute Gasteiger partial charge is 0.486 e. The van der Waals surface area contributed by atoms with Crippen LogP contribution in [0.2, 0.25) is 0 Å². The van der Waals surface area contributed by atoms with Gasteiger partial charge in [-0.3, -0.25) is 4.79 Å². The summed E-state index contributed by atoms with van der Waals surface area (Å²) in [5.41, 5.74) is 1.14. The summed E-state index contributed by atoms with van der Waals surface area (Å²) in [6.07, 6.45) is 0. The number of rotatable bonds is 2. The molecule has 0 radical (unpaired) electrons. The first-order valence-corrected chi connectivity index (χ1v) is 6.90. The highest BCUT2D eigenvalue weighted by Crippen LogP contribution is 2.34. The highest BCUT2D eigenvalue weighted by Gasteiger charge is 2.17. The molecule has 2 aliphatic rings. The van der Waals surface area contributed by atoms with E-state index in [1.807, 2.05) is 0 Å². The molecular weight excluding hydrogens is 286 g/mol. The number of benzene rings is 2. The van der Waals surface area contributed by atoms with E-state index >= 15 is 0 Å². The average molecular weight is 299 g/mol. The summed E-state index contributed by atoms with van der Waals surface area (Å²) >= 11 is 0. The van der Waals surface area contributed by atoms with Crippen molar-refractivity contribution in [3.05, 3.63) is 42.0 Å². The number of hydrogen-bond donors (Lipinski definition) is 1. The number of fused-ring (bicyclic) bond motifs is 2. The Labute approximate surface area is 126 Å². The van der Waals surface area contributed by atoms with Crippen molar-refractivity contribution >= 4 is 11.6 Å². The van der Waals surface area contributed by atoms with Crippen molar-refractivity contribution < 1.29 is 23.7 Å². The van der Waals surface area contributed by atoms with Gasteiger partial charge in [0.15, 0.2) is 23.0 Å². The van der Waals surface area contributed by atoms with Crippen LogP contribution in [-0.2, 0) is 0 Å². The molecule has 0 saturated carbocycles. The van der Waals surface area contributed by atoms with Crippen molar-refractivity contribution in [2.24, 2.45) is 0 Å². The molecular formula is C16H13NO5. The molecule has 2 aromatic carbocycles. The Bertz CT molecular complexity index is 743. The van der Waals surface area contributed by atoms with E-state index in [-0.39, 0.29) is 12.7 Å². The zero-order valence-corrected chi connectivity index (χ0v) is 11.6. The molecule has 1 N–H and O–H groups in total. The predicted octanol–water partition coefficient (Wildman–Crippen LogP) is 2.44. The second-order valence-corrected chi connectivity index (χ2v) is 4.88. The standard InChI is InChI=1S/C16H13NO5/c18-16(10-1-3-13-14(7-10)22-9-21-13)17-11-2-4-12-15(8-11)20-6-5-19-12/h1-4,7-8H,5-6,9H2,(H,17,18). The van der Waals surface area contributed by atoms with E-state index in [0.717, 1.165) is 0 Å². The molecule has 0 atom stereocenters. The molecule has 2 heterocycles. The van der Waals surface area contributed by atoms with E-state index in [1.165, 1.54) is 0 Å². The maximum atomic E-state index is 12.3. The van der Waals surface area contributed by atoms with Crippen LogP contribution in [0.1, 0.15) is 10.4 Å². The molecule has 4 rings (SSSR count). The maximum absolute atomic E-state index is 12.3. The molecule has 22 heavy (non-hydrogen) atoms. The summed E-state index contributed by atoms with van der Waals surface area (Å²) in [5.74, 6) is 2.32. The summed E-state index contributed by atoms with van der Waals surface area (Å²) in [5, 5.41) is 2.83. The van der Waals surface area contributed by atoms with Crippen LogP contribution >= 0.6 is 0 Å². The summed E-state index contributed by atoms with van der Waals surface area (Å²) in [6, 6.07) is 10.4. The van der Waals surface area contributed by atoms with Gasteiger partial charge in [-0.25, -0.2) is 0 Å². The number of hydrogen-bond acceptors (Lipinski definition) is 5. The summed E-state index contributed by atoms with van der Waals surface area (Å²) in [6.45, 7) is 1.23. The van der Waals surface area contributed by atoms with Gasteiger partial charge in [0.05, 0.1) is 0 Å². The number of anilines is 1. The maximum Gasteiger partial charge on any atom is 0.255 e. The Morgan fingerprint density at radius 2 is 1.50 bits per heavy atom. The minimum absolute atomic E-state index is 0.183. The smallest absolute Gasteiger partial charge is 0.255 e. The van der Waals surface area contributed by atoms with Crippen LogP contribution < -0.4 is 24.3 Å². The van der Waals surface area contributed by atoms with E-state index in [4.69, 9.17) is 18.9 Å². The summed E-state index contributed by atoms with van der Waals surface area (Å²) < 4.78 is 21.5. The highest BCUT2D eigenvalue weighted by molar-refractivity contribution is 6.04. The Morgan fingerprint density at radius 3 is 2.41 bits per heavy atom. The van der Waals surface area contributed by atoms with Crippen molar-refractivity contribution in [2.75, 3.05) is 25.3 Å². The number of amides is 1. The van der Waals surface area contributed by atoms with Crippen LogP contribution in [0, 0.1) is 0 Å². The zero-order valence-electron chi connectivity index (χ0n) is 11.6. The van der Waals surface area contributed by atoms with Crippen LogP contribution in [0.4, 0.5) is 5.69 Å². The number of ether oxygens (including phenoxy) is 4. The third-order valence-electron chi connectivity index (χ3n) is 3.43. The fourth-order valence-electron chi connectivity index (χ4n) is 2.36. The third-order valence-corrected chi connectivity index (χ3v) is 3.43. The molecule has 0 aliphatic carbocycles. The van der Waals surface area contributed by atoms with E-state index in [1.54, 1.807) is 36.4 Å². The van der Waals surface area contributed by atoms with Crippen molar-refractivity contribution in [2.45, 2.75) is 0 Å². The minimum atomic E-state index is -0.227. The molecule has 6 heteroatoms. The van der Waals surface area contributed by atoms with Gasteiger partial charge in [-0.05, 0) is 30.3 Å². The molecule has 0 unspecified atom stereocenters. The SMILES string of the molecule is O=C(Nc1ccc2c(c1)OCCO2)c1ccc2c(c1)OCO2. The van der Waals surface area contributed by atoms with Gasteiger partial charge in [0.2, 0.25) is 6.79 Å². The van der Waals surface area contributed by atoms with E-state index < -0.39 is 0 Å². The van der Waals surface area contributed by atoms with Gasteiger partial charge in [0.1, 0.15) is 13.2 Å². The second-order valence-electron chi connectivity index (χ2n) is 4.88. The first-order chi connectivity index (χ1) is 10.8. The van der Waals surface area contributed by atoms with Crippen molar-refractivity contribution in [3.8, 4) is 23.0 Å². The van der Waals surface area contributed by atoms with Crippen molar-refractivity contribution in [3.63, 3.8) is 0 Å². The van der Waals surface area contributed by atoms with E-state index in [0.29, 0.717) is 47.5 Å². The quantitative estimate of drug-likeness (QED) is 0.922. The van der Waals surface area contributed by atoms with Crippen LogP contribution in [0.25, 0.3) is 0 Å². The number of carbonyl (C=O) groups excluding carboxylic acids is 1. The molecule has 0 saturated heterocycles. The Balaban J connectivity index is 1.54. The lowest BCUT2D eigenvalue weighted by Crippen LogP contribution is -2.16. The van der Waals surface area contributed by atoms with Crippen LogP contribution in [-0.4, -0.2) is 25.9 Å². The molecule has 0 bridgehead atoms. The van der Waals surface area contributed by atoms with Crippen molar-refractivity contribution in [1.82, 2.24) is 0 Å². The normalized spacial score (nSPS) is 14.5. The first kappa shape index (κ1) is 12.8. The minimum Gasteiger partial charge on any atom is -0.486 e. The number of nitrogens with one attached hydrogen (secondary N) is 1. The molecule has 0 fully saturated rings. The van der Waals surface area contributed by atoms with Crippen LogP contribution in [0.15, 0.2) is 36.4 Å². The predicted molar refractivity (Wildman–Crippen MR) is 78.0 cm³/mol. The fourth-order valence-corrected chi connectivity index (χ4v) is 2.36. The summed E-state index contributed by atoms with van der Waals surface area (Å²) in [4.78, 5) is 12.3. The topological polar surface area (TPSA) is 66.0 Å². The molecule has 6 nitrogen and oxygen atoms in total. The van der Waals surface area contributed by atoms with Crippen LogP contribution in [0.5, 0.6) is 23.0 Å². The molecule has 0 aromatic heterocycles. The van der Waals surface area contributed by atoms with Gasteiger partial charge in [0.25, 0.3) is 5.91 Å². The van der Waals surface area contributed by atoms with E-state index in [2.05, 4.69) is 5.32 Å². The summed E-state index contributed by atoms with van der Waals surface area (Å²) in [7, 11) is 0. The lowest BCUT2D eigenvalue weighted by molar-refractivity contribution is 0.102. The van der Waals surface area contributed by atoms with Gasteiger partial charge in [0, 0.05) is 17.3 Å². The zero-order chi connectivity index (χ0) is 14.9. The fraction of sp³-hybridized carbons (Fsp3) is 0.188. The van der Waals surface area contributed by atoms with Crippen LogP contribution in [0.3, 0.4) is 0 Å². The molecule has 2 aliphatic heterocycles. The molecule has 2 aromatic rings. The number of carbonyl (C=O) groups is 1. The van der Waals surface area contributed by atoms with Gasteiger partial charge in [-0.15, -0.1) is 0 Å². The lowest BCUT2D eigenvalue weighted by Gasteiger charge is -2.19. The van der Waals surface area contributed by atoms with E-state index in [9.17, 15) is 4.79 Å². The van der Waals surface area contributed by atoms with Crippen molar-refractivity contribution in [1.29, 1.82) is 0 Å². The van der Waals surface area contributed by atoms with Gasteiger partial charge in [-0.2, -0.15) is 0 Å².